The van der Waals surface area contributed by atoms with Gasteiger partial charge in [0.05, 0.1) is 0 Å². The topological polar surface area (TPSA) is 33.2 Å². The fourth-order valence-corrected chi connectivity index (χ4v) is 1.79. The Bertz CT molecular complexity index is 391. The number of rotatable bonds is 1. The molecule has 0 unspecified atom stereocenters. The van der Waals surface area contributed by atoms with E-state index >= 15 is 0 Å². The molecule has 15 heavy (non-hydrogen) atoms. The van der Waals surface area contributed by atoms with Crippen LogP contribution in [0.3, 0.4) is 0 Å². The summed E-state index contributed by atoms with van der Waals surface area (Å²) in [6.45, 7) is 1.35. The van der Waals surface area contributed by atoms with Crippen molar-refractivity contribution < 1.29 is 9.18 Å². The highest BCUT2D eigenvalue weighted by molar-refractivity contribution is 6.29. The van der Waals surface area contributed by atoms with E-state index in [1.807, 2.05) is 0 Å². The first-order valence-electron chi connectivity index (χ1n) is 4.80. The van der Waals surface area contributed by atoms with E-state index in [2.05, 4.69) is 4.98 Å². The first-order chi connectivity index (χ1) is 7.18. The fraction of sp³-hybridized carbons (Fsp3) is 0.400. The van der Waals surface area contributed by atoms with Gasteiger partial charge >= 0.3 is 0 Å². The predicted octanol–water partition coefficient (Wildman–Crippen LogP) is 2.11. The van der Waals surface area contributed by atoms with Crippen LogP contribution in [-0.4, -0.2) is 28.9 Å². The summed E-state index contributed by atoms with van der Waals surface area (Å²) in [5.41, 5.74) is -0.176. The number of nitrogens with zero attached hydrogens (tertiary/aromatic N) is 2. The van der Waals surface area contributed by atoms with Crippen molar-refractivity contribution in [1.82, 2.24) is 9.88 Å². The van der Waals surface area contributed by atoms with E-state index in [0.29, 0.717) is 13.1 Å². The second kappa shape index (κ2) is 4.14. The van der Waals surface area contributed by atoms with E-state index in [0.717, 1.165) is 12.8 Å². The highest BCUT2D eigenvalue weighted by Crippen LogP contribution is 2.15. The summed E-state index contributed by atoms with van der Waals surface area (Å²) in [4.78, 5) is 17.1. The third kappa shape index (κ3) is 2.09. The maximum absolute atomic E-state index is 13.3. The number of carbonyl (C=O) groups excluding carboxylic acids is 1. The summed E-state index contributed by atoms with van der Waals surface area (Å²) >= 11 is 5.62. The molecule has 0 atom stereocenters. The minimum absolute atomic E-state index is 0.138. The smallest absolute Gasteiger partial charge is 0.275 e. The van der Waals surface area contributed by atoms with E-state index < -0.39 is 5.82 Å². The quantitative estimate of drug-likeness (QED) is 0.690. The molecular formula is C10H10ClFN2O. The number of pyridine rings is 1. The average molecular weight is 229 g/mol. The molecule has 1 saturated heterocycles. The molecule has 1 aliphatic rings. The van der Waals surface area contributed by atoms with Crippen LogP contribution < -0.4 is 0 Å². The van der Waals surface area contributed by atoms with Crippen LogP contribution in [0.4, 0.5) is 4.39 Å². The molecule has 2 rings (SSSR count). The first kappa shape index (κ1) is 10.4. The van der Waals surface area contributed by atoms with E-state index in [1.54, 1.807) is 4.90 Å². The second-order valence-electron chi connectivity index (χ2n) is 3.46. The predicted molar refractivity (Wildman–Crippen MR) is 54.3 cm³/mol. The molecule has 80 valence electrons. The zero-order chi connectivity index (χ0) is 10.8. The summed E-state index contributed by atoms with van der Waals surface area (Å²) < 4.78 is 13.3. The average Bonchev–Trinajstić information content (AvgIpc) is 2.74. The van der Waals surface area contributed by atoms with Gasteiger partial charge in [0.15, 0.2) is 11.5 Å². The molecule has 1 amide bonds. The molecule has 0 N–H and O–H groups in total. The molecule has 1 aromatic rings. The maximum atomic E-state index is 13.3. The Morgan fingerprint density at radius 3 is 2.73 bits per heavy atom. The van der Waals surface area contributed by atoms with Gasteiger partial charge in [-0.25, -0.2) is 9.37 Å². The highest BCUT2D eigenvalue weighted by atomic mass is 35.5. The normalized spacial score (nSPS) is 15.7. The molecule has 5 heteroatoms. The van der Waals surface area contributed by atoms with Gasteiger partial charge in [-0.05, 0) is 25.0 Å². The van der Waals surface area contributed by atoms with Gasteiger partial charge < -0.3 is 4.90 Å². The van der Waals surface area contributed by atoms with E-state index in [9.17, 15) is 9.18 Å². The third-order valence-electron chi connectivity index (χ3n) is 2.41. The van der Waals surface area contributed by atoms with Gasteiger partial charge in [-0.15, -0.1) is 0 Å². The van der Waals surface area contributed by atoms with Crippen LogP contribution in [0.2, 0.25) is 5.15 Å². The molecule has 2 heterocycles. The number of carbonyl (C=O) groups is 1. The largest absolute Gasteiger partial charge is 0.337 e. The number of hydrogen-bond acceptors (Lipinski definition) is 2. The molecular weight excluding hydrogens is 219 g/mol. The lowest BCUT2D eigenvalue weighted by atomic mass is 10.3. The van der Waals surface area contributed by atoms with Gasteiger partial charge in [-0.2, -0.15) is 0 Å². The Hall–Kier alpha value is -1.16. The van der Waals surface area contributed by atoms with E-state index in [4.69, 9.17) is 11.6 Å². The number of amides is 1. The molecule has 0 aliphatic carbocycles. The van der Waals surface area contributed by atoms with Crippen molar-refractivity contribution in [2.75, 3.05) is 13.1 Å². The van der Waals surface area contributed by atoms with Crippen molar-refractivity contribution in [2.45, 2.75) is 12.8 Å². The van der Waals surface area contributed by atoms with Crippen LogP contribution in [0.1, 0.15) is 23.3 Å². The number of hydrogen-bond donors (Lipinski definition) is 0. The molecule has 0 saturated carbocycles. The molecule has 1 aliphatic heterocycles. The lowest BCUT2D eigenvalue weighted by Gasteiger charge is -2.14. The zero-order valence-electron chi connectivity index (χ0n) is 8.04. The van der Waals surface area contributed by atoms with Crippen LogP contribution in [0.15, 0.2) is 12.1 Å². The lowest BCUT2D eigenvalue weighted by molar-refractivity contribution is 0.0782. The minimum Gasteiger partial charge on any atom is -0.337 e. The molecule has 3 nitrogen and oxygen atoms in total. The summed E-state index contributed by atoms with van der Waals surface area (Å²) in [6.07, 6.45) is 1.93. The Balaban J connectivity index is 2.27. The Kier molecular flexibility index (Phi) is 2.86. The van der Waals surface area contributed by atoms with Crippen LogP contribution in [0.5, 0.6) is 0 Å². The Morgan fingerprint density at radius 1 is 1.40 bits per heavy atom. The third-order valence-corrected chi connectivity index (χ3v) is 2.62. The van der Waals surface area contributed by atoms with Crippen molar-refractivity contribution in [2.24, 2.45) is 0 Å². The molecule has 0 radical (unpaired) electrons. The monoisotopic (exact) mass is 228 g/mol. The van der Waals surface area contributed by atoms with Crippen LogP contribution in [0, 0.1) is 5.82 Å². The first-order valence-corrected chi connectivity index (χ1v) is 5.17. The van der Waals surface area contributed by atoms with Crippen molar-refractivity contribution in [3.63, 3.8) is 0 Å². The van der Waals surface area contributed by atoms with E-state index in [-0.39, 0.29) is 16.8 Å². The highest BCUT2D eigenvalue weighted by Gasteiger charge is 2.23. The van der Waals surface area contributed by atoms with Crippen LogP contribution in [0.25, 0.3) is 0 Å². The summed E-state index contributed by atoms with van der Waals surface area (Å²) in [5, 5.41) is 0.138. The van der Waals surface area contributed by atoms with E-state index in [1.165, 1.54) is 12.1 Å². The summed E-state index contributed by atoms with van der Waals surface area (Å²) in [7, 11) is 0. The molecule has 1 aromatic heterocycles. The minimum atomic E-state index is -0.615. The van der Waals surface area contributed by atoms with Gasteiger partial charge in [0.2, 0.25) is 0 Å². The van der Waals surface area contributed by atoms with Gasteiger partial charge in [0.1, 0.15) is 5.15 Å². The molecule has 0 spiro atoms. The number of halogens is 2. The SMILES string of the molecule is O=C(c1nc(Cl)ccc1F)N1CCCC1. The number of likely N-dealkylation sites (tertiary alicyclic amines) is 1. The van der Waals surface area contributed by atoms with Crippen LogP contribution in [-0.2, 0) is 0 Å². The van der Waals surface area contributed by atoms with Gasteiger partial charge in [0.25, 0.3) is 5.91 Å². The fourth-order valence-electron chi connectivity index (χ4n) is 1.64. The second-order valence-corrected chi connectivity index (χ2v) is 3.85. The van der Waals surface area contributed by atoms with Crippen LogP contribution >= 0.6 is 11.6 Å². The van der Waals surface area contributed by atoms with Gasteiger partial charge in [-0.3, -0.25) is 4.79 Å². The summed E-state index contributed by atoms with van der Waals surface area (Å²) in [6, 6.07) is 2.50. The van der Waals surface area contributed by atoms with Crippen molar-refractivity contribution in [3.8, 4) is 0 Å². The standard InChI is InChI=1S/C10H10ClFN2O/c11-8-4-3-7(12)9(13-8)10(15)14-5-1-2-6-14/h3-4H,1-2,5-6H2. The maximum Gasteiger partial charge on any atom is 0.275 e. The van der Waals surface area contributed by atoms with Crippen molar-refractivity contribution >= 4 is 17.5 Å². The Labute approximate surface area is 91.9 Å². The Morgan fingerprint density at radius 2 is 2.07 bits per heavy atom. The number of aromatic nitrogens is 1. The van der Waals surface area contributed by atoms with Crippen molar-refractivity contribution in [1.29, 1.82) is 0 Å². The molecule has 0 bridgehead atoms. The lowest BCUT2D eigenvalue weighted by Crippen LogP contribution is -2.29. The summed E-state index contributed by atoms with van der Waals surface area (Å²) in [5.74, 6) is -0.983. The molecule has 1 fully saturated rings. The van der Waals surface area contributed by atoms with Crippen molar-refractivity contribution in [3.05, 3.63) is 28.8 Å². The van der Waals surface area contributed by atoms with Gasteiger partial charge in [-0.1, -0.05) is 11.6 Å². The van der Waals surface area contributed by atoms with Gasteiger partial charge in [0, 0.05) is 13.1 Å². The molecule has 0 aromatic carbocycles. The zero-order valence-corrected chi connectivity index (χ0v) is 8.80.